The van der Waals surface area contributed by atoms with Gasteiger partial charge in [-0.05, 0) is 54.5 Å². The van der Waals surface area contributed by atoms with Gasteiger partial charge in [-0.15, -0.1) is 0 Å². The van der Waals surface area contributed by atoms with Gasteiger partial charge in [-0.2, -0.15) is 0 Å². The monoisotopic (exact) mass is 336 g/mol. The van der Waals surface area contributed by atoms with Crippen LogP contribution in [0.3, 0.4) is 0 Å². The highest BCUT2D eigenvalue weighted by Gasteiger charge is 2.29. The summed E-state index contributed by atoms with van der Waals surface area (Å²) in [5.74, 6) is 0.142. The topological polar surface area (TPSA) is 30.2 Å². The molecule has 0 radical (unpaired) electrons. The van der Waals surface area contributed by atoms with Gasteiger partial charge in [0.05, 0.1) is 0 Å². The average molecular weight is 336 g/mol. The minimum Gasteiger partial charge on any atom is -0.452 e. The van der Waals surface area contributed by atoms with Crippen LogP contribution in [-0.4, -0.2) is 5.78 Å². The Hall–Kier alpha value is -2.42. The van der Waals surface area contributed by atoms with Crippen LogP contribution in [0.5, 0.6) is 0 Å². The van der Waals surface area contributed by atoms with Crippen LogP contribution in [-0.2, 0) is 12.8 Å². The molecule has 1 aromatic heterocycles. The molecule has 3 aromatic rings. The summed E-state index contributed by atoms with van der Waals surface area (Å²) in [6.07, 6.45) is 3.79. The van der Waals surface area contributed by atoms with Gasteiger partial charge in [0, 0.05) is 22.6 Å². The number of hydrogen-bond donors (Lipinski definition) is 0. The van der Waals surface area contributed by atoms with Gasteiger partial charge < -0.3 is 4.42 Å². The minimum atomic E-state index is -0.347. The maximum absolute atomic E-state index is 13.6. The number of ketones is 1. The molecule has 2 aromatic carbocycles. The number of aryl methyl sites for hydroxylation is 2. The Morgan fingerprint density at radius 1 is 1.20 bits per heavy atom. The molecule has 0 fully saturated rings. The summed E-state index contributed by atoms with van der Waals surface area (Å²) in [7, 11) is 0. The van der Waals surface area contributed by atoms with E-state index in [1.54, 1.807) is 6.07 Å². The Labute approximate surface area is 146 Å². The van der Waals surface area contributed by atoms with Crippen LogP contribution in [0.25, 0.3) is 11.0 Å². The van der Waals surface area contributed by atoms with Crippen molar-refractivity contribution in [2.75, 3.05) is 0 Å². The lowest BCUT2D eigenvalue weighted by molar-refractivity contribution is 0.101. The van der Waals surface area contributed by atoms with Crippen molar-refractivity contribution in [3.8, 4) is 0 Å². The Bertz CT molecular complexity index is 968. The number of benzene rings is 2. The molecule has 3 heteroatoms. The predicted octanol–water partition coefficient (Wildman–Crippen LogP) is 5.81. The Kier molecular flexibility index (Phi) is 3.95. The van der Waals surface area contributed by atoms with Crippen molar-refractivity contribution >= 4 is 16.8 Å². The molecule has 0 spiro atoms. The smallest absolute Gasteiger partial charge is 0.228 e. The number of carbonyl (C=O) groups is 1. The van der Waals surface area contributed by atoms with Crippen LogP contribution in [0.1, 0.15) is 65.4 Å². The highest BCUT2D eigenvalue weighted by molar-refractivity contribution is 6.12. The third kappa shape index (κ3) is 2.68. The highest BCUT2D eigenvalue weighted by Crippen LogP contribution is 2.38. The highest BCUT2D eigenvalue weighted by atomic mass is 19.1. The molecule has 25 heavy (non-hydrogen) atoms. The normalized spacial score (nSPS) is 17.1. The minimum absolute atomic E-state index is 0.0777. The van der Waals surface area contributed by atoms with E-state index in [4.69, 9.17) is 4.42 Å². The molecule has 0 aliphatic heterocycles. The molecule has 1 aliphatic carbocycles. The van der Waals surface area contributed by atoms with E-state index in [1.807, 2.05) is 6.07 Å². The zero-order valence-electron chi connectivity index (χ0n) is 14.6. The second-order valence-electron chi connectivity index (χ2n) is 7.00. The first-order valence-electron chi connectivity index (χ1n) is 8.97. The molecule has 1 aliphatic rings. The summed E-state index contributed by atoms with van der Waals surface area (Å²) >= 11 is 0. The summed E-state index contributed by atoms with van der Waals surface area (Å²) in [6.45, 7) is 4.24. The number of rotatable bonds is 2. The summed E-state index contributed by atoms with van der Waals surface area (Å²) in [4.78, 5) is 13.2. The van der Waals surface area contributed by atoms with Crippen LogP contribution >= 0.6 is 0 Å². The fraction of sp³-hybridized carbons (Fsp3) is 0.318. The molecule has 1 unspecified atom stereocenters. The molecule has 0 N–H and O–H groups in total. The first kappa shape index (κ1) is 16.1. The van der Waals surface area contributed by atoms with Crippen molar-refractivity contribution in [3.05, 3.63) is 70.2 Å². The first-order valence-corrected chi connectivity index (χ1v) is 8.97. The maximum atomic E-state index is 13.6. The molecule has 0 saturated heterocycles. The number of fused-ring (bicyclic) bond motifs is 4. The third-order valence-electron chi connectivity index (χ3n) is 5.19. The summed E-state index contributed by atoms with van der Waals surface area (Å²) in [5.41, 5.74) is 4.37. The zero-order chi connectivity index (χ0) is 17.6. The second-order valence-corrected chi connectivity index (χ2v) is 7.00. The van der Waals surface area contributed by atoms with E-state index < -0.39 is 0 Å². The van der Waals surface area contributed by atoms with Crippen molar-refractivity contribution < 1.29 is 13.6 Å². The van der Waals surface area contributed by atoms with Crippen LogP contribution in [0, 0.1) is 5.82 Å². The zero-order valence-corrected chi connectivity index (χ0v) is 14.6. The molecular weight excluding hydrogens is 315 g/mol. The lowest BCUT2D eigenvalue weighted by Crippen LogP contribution is -2.13. The van der Waals surface area contributed by atoms with Gasteiger partial charge in [0.1, 0.15) is 11.4 Å². The third-order valence-corrected chi connectivity index (χ3v) is 5.19. The van der Waals surface area contributed by atoms with Gasteiger partial charge in [-0.1, -0.05) is 32.4 Å². The summed E-state index contributed by atoms with van der Waals surface area (Å²) in [6, 6.07) is 10.7. The van der Waals surface area contributed by atoms with Gasteiger partial charge in [-0.3, -0.25) is 4.79 Å². The van der Waals surface area contributed by atoms with Crippen LogP contribution < -0.4 is 0 Å². The van der Waals surface area contributed by atoms with Crippen LogP contribution in [0.4, 0.5) is 4.39 Å². The fourth-order valence-corrected chi connectivity index (χ4v) is 3.88. The first-order chi connectivity index (χ1) is 12.1. The van der Waals surface area contributed by atoms with Crippen molar-refractivity contribution in [1.29, 1.82) is 0 Å². The maximum Gasteiger partial charge on any atom is 0.228 e. The molecule has 0 bridgehead atoms. The number of hydrogen-bond acceptors (Lipinski definition) is 2. The summed E-state index contributed by atoms with van der Waals surface area (Å²) < 4.78 is 19.4. The molecule has 128 valence electrons. The lowest BCUT2D eigenvalue weighted by Gasteiger charge is -2.18. The molecule has 1 atom stereocenters. The molecule has 0 saturated carbocycles. The van der Waals surface area contributed by atoms with Gasteiger partial charge >= 0.3 is 0 Å². The van der Waals surface area contributed by atoms with Crippen molar-refractivity contribution in [2.24, 2.45) is 0 Å². The quantitative estimate of drug-likeness (QED) is 0.591. The molecular formula is C22H21FO2. The SMILES string of the molecule is CCCc1ccc2c(c1)C(=O)c1oc3cc(F)ccc3c1C(C)CC2. The molecule has 1 heterocycles. The van der Waals surface area contributed by atoms with E-state index in [0.717, 1.165) is 47.8 Å². The summed E-state index contributed by atoms with van der Waals surface area (Å²) in [5, 5.41) is 0.852. The Balaban J connectivity index is 1.93. The van der Waals surface area contributed by atoms with Gasteiger partial charge in [0.25, 0.3) is 0 Å². The van der Waals surface area contributed by atoms with Crippen LogP contribution in [0.2, 0.25) is 0 Å². The molecule has 2 nitrogen and oxygen atoms in total. The second kappa shape index (κ2) is 6.14. The number of carbonyl (C=O) groups excluding carboxylic acids is 1. The van der Waals surface area contributed by atoms with Crippen LogP contribution in [0.15, 0.2) is 40.8 Å². The molecule has 0 amide bonds. The van der Waals surface area contributed by atoms with E-state index in [-0.39, 0.29) is 17.5 Å². The van der Waals surface area contributed by atoms with Gasteiger partial charge in [-0.25, -0.2) is 4.39 Å². The van der Waals surface area contributed by atoms with Crippen molar-refractivity contribution in [3.63, 3.8) is 0 Å². The Morgan fingerprint density at radius 2 is 2.04 bits per heavy atom. The number of halogens is 1. The van der Waals surface area contributed by atoms with E-state index in [1.165, 1.54) is 17.7 Å². The van der Waals surface area contributed by atoms with E-state index in [0.29, 0.717) is 11.3 Å². The van der Waals surface area contributed by atoms with Gasteiger partial charge in [0.15, 0.2) is 5.76 Å². The standard InChI is InChI=1S/C22H21FO2/c1-3-4-14-6-8-15-7-5-13(2)20-17-10-9-16(23)12-19(17)25-22(20)21(24)18(15)11-14/h6,8-13H,3-5,7H2,1-2H3. The van der Waals surface area contributed by atoms with E-state index in [9.17, 15) is 9.18 Å². The Morgan fingerprint density at radius 3 is 2.84 bits per heavy atom. The van der Waals surface area contributed by atoms with E-state index in [2.05, 4.69) is 26.0 Å². The number of furan rings is 1. The predicted molar refractivity (Wildman–Crippen MR) is 96.8 cm³/mol. The fourth-order valence-electron chi connectivity index (χ4n) is 3.88. The molecule has 4 rings (SSSR count). The van der Waals surface area contributed by atoms with E-state index >= 15 is 0 Å². The van der Waals surface area contributed by atoms with Crippen molar-refractivity contribution in [2.45, 2.75) is 45.4 Å². The van der Waals surface area contributed by atoms with Gasteiger partial charge in [0.2, 0.25) is 5.78 Å². The lowest BCUT2D eigenvalue weighted by atomic mass is 9.84. The average Bonchev–Trinajstić information content (AvgIpc) is 2.97. The van der Waals surface area contributed by atoms with Crippen molar-refractivity contribution in [1.82, 2.24) is 0 Å². The largest absolute Gasteiger partial charge is 0.452 e.